The molecule has 2 amide bonds. The van der Waals surface area contributed by atoms with Gasteiger partial charge in [-0.15, -0.1) is 5.92 Å². The zero-order valence-corrected chi connectivity index (χ0v) is 22.5. The van der Waals surface area contributed by atoms with E-state index < -0.39 is 22.0 Å². The van der Waals surface area contributed by atoms with Crippen LogP contribution in [0.15, 0.2) is 47.4 Å². The summed E-state index contributed by atoms with van der Waals surface area (Å²) in [6.07, 6.45) is 1.18. The fourth-order valence-electron chi connectivity index (χ4n) is 3.17. The third-order valence-electron chi connectivity index (χ3n) is 5.09. The van der Waals surface area contributed by atoms with Gasteiger partial charge in [0.15, 0.2) is 0 Å². The van der Waals surface area contributed by atoms with E-state index in [4.69, 9.17) is 27.9 Å². The molecular formula is C26H28Cl2N2O6S. The summed E-state index contributed by atoms with van der Waals surface area (Å²) in [4.78, 5) is 36.1. The number of rotatable bonds is 14. The number of benzene rings is 2. The first-order valence-electron chi connectivity index (χ1n) is 11.4. The summed E-state index contributed by atoms with van der Waals surface area (Å²) >= 11 is 11.8. The predicted octanol–water partition coefficient (Wildman–Crippen LogP) is 3.60. The molecule has 3 N–H and O–H groups in total. The van der Waals surface area contributed by atoms with Crippen LogP contribution < -0.4 is 15.4 Å². The molecule has 0 aromatic heterocycles. The van der Waals surface area contributed by atoms with E-state index in [0.717, 1.165) is 0 Å². The number of carboxylic acids is 1. The molecule has 0 aliphatic rings. The molecule has 11 heteroatoms. The number of amides is 2. The lowest BCUT2D eigenvalue weighted by atomic mass is 10.1. The van der Waals surface area contributed by atoms with Crippen molar-refractivity contribution in [3.8, 4) is 17.6 Å². The first kappa shape index (κ1) is 30.2. The monoisotopic (exact) mass is 566 g/mol. The van der Waals surface area contributed by atoms with Crippen molar-refractivity contribution in [2.45, 2.75) is 42.8 Å². The van der Waals surface area contributed by atoms with E-state index in [9.17, 15) is 23.7 Å². The van der Waals surface area contributed by atoms with Gasteiger partial charge in [-0.2, -0.15) is 0 Å². The van der Waals surface area contributed by atoms with E-state index in [-0.39, 0.29) is 37.8 Å². The van der Waals surface area contributed by atoms with Crippen molar-refractivity contribution in [3.05, 3.63) is 58.1 Å². The van der Waals surface area contributed by atoms with Gasteiger partial charge in [0.05, 0.1) is 33.8 Å². The van der Waals surface area contributed by atoms with Gasteiger partial charge in [0.1, 0.15) is 17.6 Å². The molecule has 2 atom stereocenters. The van der Waals surface area contributed by atoms with Gasteiger partial charge in [-0.1, -0.05) is 35.2 Å². The van der Waals surface area contributed by atoms with Gasteiger partial charge in [-0.3, -0.25) is 18.6 Å². The Labute approximate surface area is 228 Å². The maximum atomic E-state index is 12.8. The third kappa shape index (κ3) is 10.8. The van der Waals surface area contributed by atoms with E-state index in [1.165, 1.54) is 0 Å². The number of nitrogens with one attached hydrogen (secondary N) is 2. The number of unbranched alkanes of at least 4 members (excludes halogenated alkanes) is 1. The van der Waals surface area contributed by atoms with Crippen LogP contribution in [-0.2, 0) is 31.6 Å². The van der Waals surface area contributed by atoms with Crippen molar-refractivity contribution in [2.75, 3.05) is 19.7 Å². The average molecular weight is 567 g/mol. The van der Waals surface area contributed by atoms with Crippen LogP contribution in [0.1, 0.15) is 31.7 Å². The smallest absolute Gasteiger partial charge is 0.319 e. The van der Waals surface area contributed by atoms with Crippen LogP contribution in [0.3, 0.4) is 0 Å². The van der Waals surface area contributed by atoms with Crippen molar-refractivity contribution in [1.82, 2.24) is 10.6 Å². The Bertz CT molecular complexity index is 1180. The molecule has 8 nitrogen and oxygen atoms in total. The Balaban J connectivity index is 1.70. The largest absolute Gasteiger partial charge is 0.481 e. The molecule has 2 rings (SSSR count). The van der Waals surface area contributed by atoms with Crippen molar-refractivity contribution in [2.24, 2.45) is 0 Å². The second kappa shape index (κ2) is 15.9. The lowest BCUT2D eigenvalue weighted by Gasteiger charge is -2.13. The average Bonchev–Trinajstić information content (AvgIpc) is 2.87. The van der Waals surface area contributed by atoms with Crippen molar-refractivity contribution in [1.29, 1.82) is 0 Å². The molecule has 37 heavy (non-hydrogen) atoms. The summed E-state index contributed by atoms with van der Waals surface area (Å²) in [7, 11) is -1.74. The maximum Gasteiger partial charge on any atom is 0.319 e. The van der Waals surface area contributed by atoms with Gasteiger partial charge < -0.3 is 20.5 Å². The maximum absolute atomic E-state index is 12.8. The van der Waals surface area contributed by atoms with E-state index in [1.54, 1.807) is 49.4 Å². The molecule has 0 saturated heterocycles. The summed E-state index contributed by atoms with van der Waals surface area (Å²) in [6.45, 7) is 2.05. The van der Waals surface area contributed by atoms with E-state index >= 15 is 0 Å². The molecule has 0 spiro atoms. The van der Waals surface area contributed by atoms with Crippen LogP contribution in [0.5, 0.6) is 5.75 Å². The Morgan fingerprint density at radius 2 is 1.76 bits per heavy atom. The van der Waals surface area contributed by atoms with E-state index in [1.807, 2.05) is 0 Å². The van der Waals surface area contributed by atoms with E-state index in [2.05, 4.69) is 22.5 Å². The highest BCUT2D eigenvalue weighted by Gasteiger charge is 2.25. The molecule has 0 radical (unpaired) electrons. The van der Waals surface area contributed by atoms with Gasteiger partial charge in [0.25, 0.3) is 0 Å². The number of carboxylic acid groups (broad SMARTS) is 1. The first-order valence-corrected chi connectivity index (χ1v) is 13.4. The number of carbonyl (C=O) groups excluding carboxylic acids is 2. The normalized spacial score (nSPS) is 12.0. The van der Waals surface area contributed by atoms with Crippen LogP contribution in [0.2, 0.25) is 10.0 Å². The highest BCUT2D eigenvalue weighted by Crippen LogP contribution is 2.23. The van der Waals surface area contributed by atoms with E-state index in [0.29, 0.717) is 45.6 Å². The molecule has 2 aromatic carbocycles. The lowest BCUT2D eigenvalue weighted by Crippen LogP contribution is -2.38. The Hall–Kier alpha value is -3.06. The minimum atomic E-state index is -1.74. The van der Waals surface area contributed by atoms with Gasteiger partial charge in [-0.25, -0.2) is 0 Å². The van der Waals surface area contributed by atoms with Crippen LogP contribution in [0.4, 0.5) is 0 Å². The number of aliphatic carboxylic acids is 1. The molecular weight excluding hydrogens is 539 g/mol. The molecule has 0 aliphatic heterocycles. The highest BCUT2D eigenvalue weighted by molar-refractivity contribution is 7.86. The number of halogens is 2. The molecule has 198 valence electrons. The van der Waals surface area contributed by atoms with Crippen molar-refractivity contribution in [3.63, 3.8) is 0 Å². The number of hydrogen-bond acceptors (Lipinski definition) is 5. The first-order chi connectivity index (χ1) is 17.7. The summed E-state index contributed by atoms with van der Waals surface area (Å²) in [5, 5.41) is 14.4. The van der Waals surface area contributed by atoms with Gasteiger partial charge in [0.2, 0.25) is 11.8 Å². The Morgan fingerprint density at radius 3 is 2.41 bits per heavy atom. The SMILES string of the molecule is CC#CCOc1ccc(S(=O)C(CCCCNC(=O)CNC(=O)Cc2ccc(Cl)c(Cl)c2)C(=O)O)cc1. The quantitative estimate of drug-likeness (QED) is 0.237. The third-order valence-corrected chi connectivity index (χ3v) is 7.52. The molecule has 0 aliphatic carbocycles. The molecule has 0 saturated carbocycles. The second-order valence-electron chi connectivity index (χ2n) is 7.86. The molecule has 2 aromatic rings. The molecule has 0 heterocycles. The highest BCUT2D eigenvalue weighted by atomic mass is 35.5. The van der Waals surface area contributed by atoms with Crippen LogP contribution in [0, 0.1) is 11.8 Å². The van der Waals surface area contributed by atoms with Crippen molar-refractivity contribution < 1.29 is 28.4 Å². The second-order valence-corrected chi connectivity index (χ2v) is 10.3. The van der Waals surface area contributed by atoms with Crippen LogP contribution >= 0.6 is 23.2 Å². The number of ether oxygens (including phenoxy) is 1. The Kier molecular flexibility index (Phi) is 13.0. The fourth-order valence-corrected chi connectivity index (χ4v) is 4.79. The van der Waals surface area contributed by atoms with Gasteiger partial charge >= 0.3 is 5.97 Å². The summed E-state index contributed by atoms with van der Waals surface area (Å²) < 4.78 is 18.2. The minimum Gasteiger partial charge on any atom is -0.481 e. The van der Waals surface area contributed by atoms with Crippen molar-refractivity contribution >= 4 is 51.8 Å². The molecule has 0 bridgehead atoms. The standard InChI is InChI=1S/C26H28Cl2N2O6S/c1-2-3-14-36-19-8-10-20(11-9-19)37(35)23(26(33)34)6-4-5-13-29-25(32)17-30-24(31)16-18-7-12-21(27)22(28)15-18/h7-12,15,23H,4-6,13-14,16-17H2,1H3,(H,29,32)(H,30,31)(H,33,34). The van der Waals surface area contributed by atoms with Crippen LogP contribution in [0.25, 0.3) is 0 Å². The molecule has 2 unspecified atom stereocenters. The summed E-state index contributed by atoms with van der Waals surface area (Å²) in [5.74, 6) is 4.18. The predicted molar refractivity (Wildman–Crippen MR) is 143 cm³/mol. The molecule has 0 fully saturated rings. The number of hydrogen-bond donors (Lipinski definition) is 3. The summed E-state index contributed by atoms with van der Waals surface area (Å²) in [6, 6.07) is 11.3. The Morgan fingerprint density at radius 1 is 1.03 bits per heavy atom. The zero-order chi connectivity index (χ0) is 27.2. The van der Waals surface area contributed by atoms with Gasteiger partial charge in [0, 0.05) is 11.4 Å². The number of carbonyl (C=O) groups is 3. The minimum absolute atomic E-state index is 0.0567. The lowest BCUT2D eigenvalue weighted by molar-refractivity contribution is -0.136. The fraction of sp³-hybridized carbons (Fsp3) is 0.346. The van der Waals surface area contributed by atoms with Gasteiger partial charge in [-0.05, 0) is 68.1 Å². The summed E-state index contributed by atoms with van der Waals surface area (Å²) in [5.41, 5.74) is 0.670. The zero-order valence-electron chi connectivity index (χ0n) is 20.2. The topological polar surface area (TPSA) is 122 Å². The van der Waals surface area contributed by atoms with Crippen LogP contribution in [-0.4, -0.2) is 52.0 Å².